The molecule has 0 spiro atoms. The highest BCUT2D eigenvalue weighted by Gasteiger charge is 2.21. The van der Waals surface area contributed by atoms with Crippen molar-refractivity contribution in [1.29, 1.82) is 0 Å². The van der Waals surface area contributed by atoms with Gasteiger partial charge in [0, 0.05) is 70.5 Å². The van der Waals surface area contributed by atoms with Crippen LogP contribution in [0.4, 0.5) is 0 Å². The standard InChI is InChI=1S/C18H27N5O/c1-16(22-8-3-4-9-22)14-18(24)23-10-5-7-21(12-13-23)15-17-19-6-11-20(17)2/h3-4,6,8-9,11,16H,5,7,10,12-15H2,1-2H3. The first kappa shape index (κ1) is 16.8. The molecule has 3 heterocycles. The molecule has 3 rings (SSSR count). The van der Waals surface area contributed by atoms with Crippen molar-refractivity contribution < 1.29 is 4.79 Å². The van der Waals surface area contributed by atoms with E-state index in [-0.39, 0.29) is 11.9 Å². The van der Waals surface area contributed by atoms with Crippen molar-refractivity contribution in [2.75, 3.05) is 26.2 Å². The SMILES string of the molecule is CC(CC(=O)N1CCCN(Cc2nccn2C)CC1)n1cccc1. The topological polar surface area (TPSA) is 46.3 Å². The summed E-state index contributed by atoms with van der Waals surface area (Å²) >= 11 is 0. The maximum absolute atomic E-state index is 12.6. The highest BCUT2D eigenvalue weighted by atomic mass is 16.2. The van der Waals surface area contributed by atoms with Gasteiger partial charge in [-0.2, -0.15) is 0 Å². The van der Waals surface area contributed by atoms with Gasteiger partial charge in [0.1, 0.15) is 5.82 Å². The van der Waals surface area contributed by atoms with Crippen LogP contribution in [0.5, 0.6) is 0 Å². The van der Waals surface area contributed by atoms with E-state index in [0.717, 1.165) is 45.0 Å². The number of amides is 1. The first-order valence-electron chi connectivity index (χ1n) is 8.72. The van der Waals surface area contributed by atoms with Crippen molar-refractivity contribution in [3.8, 4) is 0 Å². The Labute approximate surface area is 143 Å². The summed E-state index contributed by atoms with van der Waals surface area (Å²) in [6.07, 6.45) is 9.45. The van der Waals surface area contributed by atoms with E-state index in [4.69, 9.17) is 0 Å². The summed E-state index contributed by atoms with van der Waals surface area (Å²) in [5.74, 6) is 1.34. The largest absolute Gasteiger partial charge is 0.351 e. The van der Waals surface area contributed by atoms with Crippen molar-refractivity contribution in [2.45, 2.75) is 32.4 Å². The van der Waals surface area contributed by atoms with Gasteiger partial charge in [-0.25, -0.2) is 4.98 Å². The average molecular weight is 329 g/mol. The average Bonchev–Trinajstić information content (AvgIpc) is 3.16. The van der Waals surface area contributed by atoms with E-state index in [2.05, 4.69) is 25.9 Å². The maximum atomic E-state index is 12.6. The van der Waals surface area contributed by atoms with E-state index in [1.54, 1.807) is 0 Å². The van der Waals surface area contributed by atoms with Gasteiger partial charge in [0.15, 0.2) is 0 Å². The summed E-state index contributed by atoms with van der Waals surface area (Å²) in [4.78, 5) is 21.4. The zero-order valence-corrected chi connectivity index (χ0v) is 14.6. The van der Waals surface area contributed by atoms with Gasteiger partial charge in [0.25, 0.3) is 0 Å². The Morgan fingerprint density at radius 3 is 2.67 bits per heavy atom. The summed E-state index contributed by atoms with van der Waals surface area (Å²) in [7, 11) is 2.03. The second kappa shape index (κ2) is 7.66. The van der Waals surface area contributed by atoms with Crippen LogP contribution in [0, 0.1) is 0 Å². The molecule has 130 valence electrons. The number of imidazole rings is 1. The molecule has 0 N–H and O–H groups in total. The quantitative estimate of drug-likeness (QED) is 0.842. The van der Waals surface area contributed by atoms with Crippen molar-refractivity contribution in [3.05, 3.63) is 42.7 Å². The fourth-order valence-corrected chi connectivity index (χ4v) is 3.26. The molecule has 2 aromatic heterocycles. The number of rotatable bonds is 5. The minimum atomic E-state index is 0.208. The zero-order chi connectivity index (χ0) is 16.9. The van der Waals surface area contributed by atoms with Crippen molar-refractivity contribution in [2.24, 2.45) is 7.05 Å². The molecule has 0 radical (unpaired) electrons. The second-order valence-electron chi connectivity index (χ2n) is 6.65. The number of aromatic nitrogens is 3. The van der Waals surface area contributed by atoms with E-state index in [1.165, 1.54) is 0 Å². The van der Waals surface area contributed by atoms with Crippen LogP contribution in [0.3, 0.4) is 0 Å². The molecule has 6 nitrogen and oxygen atoms in total. The Bertz CT molecular complexity index is 648. The van der Waals surface area contributed by atoms with E-state index >= 15 is 0 Å². The molecule has 1 fully saturated rings. The number of carbonyl (C=O) groups excluding carboxylic acids is 1. The lowest BCUT2D eigenvalue weighted by Crippen LogP contribution is -2.36. The molecule has 1 aliphatic rings. The molecule has 0 saturated carbocycles. The van der Waals surface area contributed by atoms with Crippen LogP contribution in [-0.4, -0.2) is 56.0 Å². The zero-order valence-electron chi connectivity index (χ0n) is 14.6. The van der Waals surface area contributed by atoms with Gasteiger partial charge in [-0.1, -0.05) is 0 Å². The van der Waals surface area contributed by atoms with Crippen LogP contribution in [0.25, 0.3) is 0 Å². The second-order valence-corrected chi connectivity index (χ2v) is 6.65. The van der Waals surface area contributed by atoms with Gasteiger partial charge in [0.05, 0.1) is 6.54 Å². The maximum Gasteiger partial charge on any atom is 0.224 e. The fraction of sp³-hybridized carbons (Fsp3) is 0.556. The third kappa shape index (κ3) is 4.06. The van der Waals surface area contributed by atoms with Crippen molar-refractivity contribution in [1.82, 2.24) is 23.9 Å². The minimum absolute atomic E-state index is 0.208. The summed E-state index contributed by atoms with van der Waals surface area (Å²) < 4.78 is 4.16. The van der Waals surface area contributed by atoms with Crippen molar-refractivity contribution in [3.63, 3.8) is 0 Å². The molecule has 1 atom stereocenters. The number of nitrogens with zero attached hydrogens (tertiary/aromatic N) is 5. The molecule has 24 heavy (non-hydrogen) atoms. The lowest BCUT2D eigenvalue weighted by atomic mass is 10.2. The molecule has 1 amide bonds. The predicted molar refractivity (Wildman–Crippen MR) is 93.4 cm³/mol. The molecule has 0 bridgehead atoms. The summed E-state index contributed by atoms with van der Waals surface area (Å²) in [6.45, 7) is 6.55. The highest BCUT2D eigenvalue weighted by molar-refractivity contribution is 5.76. The molecule has 0 aliphatic carbocycles. The third-order valence-corrected chi connectivity index (χ3v) is 4.83. The number of hydrogen-bond acceptors (Lipinski definition) is 3. The molecule has 6 heteroatoms. The highest BCUT2D eigenvalue weighted by Crippen LogP contribution is 2.14. The Balaban J connectivity index is 1.51. The Morgan fingerprint density at radius 1 is 1.17 bits per heavy atom. The summed E-state index contributed by atoms with van der Waals surface area (Å²) in [5.41, 5.74) is 0. The van der Waals surface area contributed by atoms with Gasteiger partial charge in [-0.15, -0.1) is 0 Å². The van der Waals surface area contributed by atoms with Crippen LogP contribution in [-0.2, 0) is 18.4 Å². The van der Waals surface area contributed by atoms with E-state index in [9.17, 15) is 4.79 Å². The fourth-order valence-electron chi connectivity index (χ4n) is 3.26. The Hall–Kier alpha value is -2.08. The van der Waals surface area contributed by atoms with E-state index in [0.29, 0.717) is 6.42 Å². The van der Waals surface area contributed by atoms with Gasteiger partial charge >= 0.3 is 0 Å². The third-order valence-electron chi connectivity index (χ3n) is 4.83. The minimum Gasteiger partial charge on any atom is -0.351 e. The van der Waals surface area contributed by atoms with E-state index < -0.39 is 0 Å². The lowest BCUT2D eigenvalue weighted by Gasteiger charge is -2.23. The predicted octanol–water partition coefficient (Wildman–Crippen LogP) is 1.91. The Morgan fingerprint density at radius 2 is 1.96 bits per heavy atom. The molecular weight excluding hydrogens is 302 g/mol. The molecule has 0 aromatic carbocycles. The van der Waals surface area contributed by atoms with Crippen molar-refractivity contribution >= 4 is 5.91 Å². The number of hydrogen-bond donors (Lipinski definition) is 0. The van der Waals surface area contributed by atoms with Gasteiger partial charge < -0.3 is 14.0 Å². The first-order valence-corrected chi connectivity index (χ1v) is 8.72. The van der Waals surface area contributed by atoms with Gasteiger partial charge in [0.2, 0.25) is 5.91 Å². The smallest absolute Gasteiger partial charge is 0.224 e. The lowest BCUT2D eigenvalue weighted by molar-refractivity contribution is -0.131. The van der Waals surface area contributed by atoms with Gasteiger partial charge in [-0.05, 0) is 25.5 Å². The molecule has 1 saturated heterocycles. The van der Waals surface area contributed by atoms with Crippen LogP contribution < -0.4 is 0 Å². The summed E-state index contributed by atoms with van der Waals surface area (Å²) in [6, 6.07) is 4.21. The molecule has 2 aromatic rings. The first-order chi connectivity index (χ1) is 11.6. The molecular formula is C18H27N5O. The normalized spacial score (nSPS) is 17.7. The van der Waals surface area contributed by atoms with Crippen LogP contribution >= 0.6 is 0 Å². The van der Waals surface area contributed by atoms with Crippen LogP contribution in [0.1, 0.15) is 31.6 Å². The van der Waals surface area contributed by atoms with Gasteiger partial charge in [-0.3, -0.25) is 9.69 Å². The van der Waals surface area contributed by atoms with Crippen LogP contribution in [0.2, 0.25) is 0 Å². The number of carbonyl (C=O) groups is 1. The van der Waals surface area contributed by atoms with E-state index in [1.807, 2.05) is 48.9 Å². The Kier molecular flexibility index (Phi) is 5.35. The number of aryl methyl sites for hydroxylation is 1. The van der Waals surface area contributed by atoms with Crippen LogP contribution in [0.15, 0.2) is 36.9 Å². The monoisotopic (exact) mass is 329 g/mol. The summed E-state index contributed by atoms with van der Waals surface area (Å²) in [5, 5.41) is 0. The molecule has 1 unspecified atom stereocenters. The molecule has 1 aliphatic heterocycles.